The lowest BCUT2D eigenvalue weighted by atomic mass is 9.81. The molecule has 0 aliphatic heterocycles. The Morgan fingerprint density at radius 3 is 2.40 bits per heavy atom. The first-order chi connectivity index (χ1) is 9.55. The third-order valence-electron chi connectivity index (χ3n) is 4.43. The van der Waals surface area contributed by atoms with Crippen LogP contribution in [0.3, 0.4) is 0 Å². The predicted molar refractivity (Wildman–Crippen MR) is 82.4 cm³/mol. The molecule has 1 unspecified atom stereocenters. The minimum Gasteiger partial charge on any atom is -0.348 e. The van der Waals surface area contributed by atoms with Crippen molar-refractivity contribution in [3.05, 3.63) is 35.4 Å². The van der Waals surface area contributed by atoms with Crippen LogP contribution in [0.5, 0.6) is 0 Å². The van der Waals surface area contributed by atoms with Gasteiger partial charge in [0.1, 0.15) is 0 Å². The zero-order chi connectivity index (χ0) is 14.6. The van der Waals surface area contributed by atoms with Gasteiger partial charge in [-0.15, -0.1) is 0 Å². The van der Waals surface area contributed by atoms with Crippen molar-refractivity contribution in [1.29, 1.82) is 0 Å². The lowest BCUT2D eigenvalue weighted by Crippen LogP contribution is -2.55. The standard InChI is InChI=1S/C17H26N2O/c1-3-14-7-9-15(10-8-14)13(2)19-16(20)17(18)11-5-4-6-12-17/h7-10,13H,3-6,11-12,18H2,1-2H3,(H,19,20). The topological polar surface area (TPSA) is 55.1 Å². The first-order valence-corrected chi connectivity index (χ1v) is 7.74. The van der Waals surface area contributed by atoms with Crippen molar-refractivity contribution < 1.29 is 4.79 Å². The second-order valence-electron chi connectivity index (χ2n) is 6.01. The van der Waals surface area contributed by atoms with Gasteiger partial charge in [0.15, 0.2) is 0 Å². The number of aryl methyl sites for hydroxylation is 1. The molecule has 2 rings (SSSR count). The SMILES string of the molecule is CCc1ccc(C(C)NC(=O)C2(N)CCCCC2)cc1. The normalized spacial score (nSPS) is 19.4. The summed E-state index contributed by atoms with van der Waals surface area (Å²) in [5.74, 6) is 0.00395. The van der Waals surface area contributed by atoms with Crippen molar-refractivity contribution >= 4 is 5.91 Å². The molecule has 1 aliphatic rings. The van der Waals surface area contributed by atoms with Crippen LogP contribution in [-0.4, -0.2) is 11.4 Å². The molecule has 3 nitrogen and oxygen atoms in total. The van der Waals surface area contributed by atoms with Crippen LogP contribution in [0, 0.1) is 0 Å². The van der Waals surface area contributed by atoms with Crippen molar-refractivity contribution in [1.82, 2.24) is 5.32 Å². The zero-order valence-corrected chi connectivity index (χ0v) is 12.6. The van der Waals surface area contributed by atoms with Crippen molar-refractivity contribution in [2.45, 2.75) is 64.0 Å². The molecule has 1 aromatic rings. The van der Waals surface area contributed by atoms with E-state index in [9.17, 15) is 4.79 Å². The Morgan fingerprint density at radius 1 is 1.25 bits per heavy atom. The summed E-state index contributed by atoms with van der Waals surface area (Å²) in [4.78, 5) is 12.4. The Morgan fingerprint density at radius 2 is 1.85 bits per heavy atom. The molecule has 110 valence electrons. The maximum absolute atomic E-state index is 12.4. The van der Waals surface area contributed by atoms with E-state index in [4.69, 9.17) is 5.73 Å². The molecule has 3 N–H and O–H groups in total. The Labute approximate surface area is 121 Å². The van der Waals surface area contributed by atoms with E-state index in [1.807, 2.05) is 6.92 Å². The summed E-state index contributed by atoms with van der Waals surface area (Å²) in [6.45, 7) is 4.16. The number of carbonyl (C=O) groups is 1. The smallest absolute Gasteiger partial charge is 0.240 e. The van der Waals surface area contributed by atoms with Gasteiger partial charge in [-0.3, -0.25) is 4.79 Å². The second-order valence-corrected chi connectivity index (χ2v) is 6.01. The van der Waals surface area contributed by atoms with E-state index >= 15 is 0 Å². The fraction of sp³-hybridized carbons (Fsp3) is 0.588. The monoisotopic (exact) mass is 274 g/mol. The fourth-order valence-electron chi connectivity index (χ4n) is 2.88. The maximum atomic E-state index is 12.4. The summed E-state index contributed by atoms with van der Waals surface area (Å²) in [6.07, 6.45) is 5.96. The minimum absolute atomic E-state index is 0.00395. The molecule has 3 heteroatoms. The summed E-state index contributed by atoms with van der Waals surface area (Å²) < 4.78 is 0. The highest BCUT2D eigenvalue weighted by Gasteiger charge is 2.35. The molecule has 0 aromatic heterocycles. The highest BCUT2D eigenvalue weighted by atomic mass is 16.2. The Kier molecular flexibility index (Phi) is 4.81. The molecule has 0 heterocycles. The van der Waals surface area contributed by atoms with Crippen molar-refractivity contribution in [3.63, 3.8) is 0 Å². The number of rotatable bonds is 4. The molecule has 0 spiro atoms. The van der Waals surface area contributed by atoms with Crippen LogP contribution in [0.4, 0.5) is 0 Å². The number of amides is 1. The minimum atomic E-state index is -0.657. The van der Waals surface area contributed by atoms with Crippen LogP contribution in [0.25, 0.3) is 0 Å². The summed E-state index contributed by atoms with van der Waals surface area (Å²) in [5, 5.41) is 3.08. The van der Waals surface area contributed by atoms with Gasteiger partial charge >= 0.3 is 0 Å². The molecule has 1 amide bonds. The van der Waals surface area contributed by atoms with E-state index in [-0.39, 0.29) is 11.9 Å². The molecule has 1 aromatic carbocycles. The summed E-state index contributed by atoms with van der Waals surface area (Å²) >= 11 is 0. The van der Waals surface area contributed by atoms with Gasteiger partial charge in [0, 0.05) is 0 Å². The van der Waals surface area contributed by atoms with E-state index in [0.29, 0.717) is 0 Å². The molecular weight excluding hydrogens is 248 g/mol. The van der Waals surface area contributed by atoms with E-state index in [1.54, 1.807) is 0 Å². The quantitative estimate of drug-likeness (QED) is 0.886. The van der Waals surface area contributed by atoms with Gasteiger partial charge in [0.2, 0.25) is 5.91 Å². The predicted octanol–water partition coefficient (Wildman–Crippen LogP) is 3.09. The zero-order valence-electron chi connectivity index (χ0n) is 12.6. The average Bonchev–Trinajstić information content (AvgIpc) is 2.48. The van der Waals surface area contributed by atoms with Crippen LogP contribution in [0.1, 0.15) is 63.1 Å². The van der Waals surface area contributed by atoms with Crippen molar-refractivity contribution in [2.24, 2.45) is 5.73 Å². The highest BCUT2D eigenvalue weighted by Crippen LogP contribution is 2.27. The van der Waals surface area contributed by atoms with Gasteiger partial charge in [-0.2, -0.15) is 0 Å². The van der Waals surface area contributed by atoms with Gasteiger partial charge in [-0.25, -0.2) is 0 Å². The van der Waals surface area contributed by atoms with Gasteiger partial charge in [0.05, 0.1) is 11.6 Å². The molecule has 1 atom stereocenters. The molecule has 0 radical (unpaired) electrons. The first kappa shape index (κ1) is 15.0. The Bertz CT molecular complexity index is 447. The van der Waals surface area contributed by atoms with Crippen LogP contribution in [-0.2, 0) is 11.2 Å². The number of nitrogens with two attached hydrogens (primary N) is 1. The third kappa shape index (κ3) is 3.40. The largest absolute Gasteiger partial charge is 0.348 e. The molecule has 1 fully saturated rings. The van der Waals surface area contributed by atoms with Gasteiger partial charge in [-0.05, 0) is 37.3 Å². The summed E-state index contributed by atoms with van der Waals surface area (Å²) in [6, 6.07) is 8.44. The number of benzene rings is 1. The van der Waals surface area contributed by atoms with Crippen LogP contribution < -0.4 is 11.1 Å². The summed E-state index contributed by atoms with van der Waals surface area (Å²) in [5.41, 5.74) is 8.05. The highest BCUT2D eigenvalue weighted by molar-refractivity contribution is 5.86. The number of hydrogen-bond donors (Lipinski definition) is 2. The lowest BCUT2D eigenvalue weighted by Gasteiger charge is -2.33. The van der Waals surface area contributed by atoms with Crippen molar-refractivity contribution in [2.75, 3.05) is 0 Å². The van der Waals surface area contributed by atoms with Crippen molar-refractivity contribution in [3.8, 4) is 0 Å². The molecule has 1 aliphatic carbocycles. The Balaban J connectivity index is 1.99. The number of carbonyl (C=O) groups excluding carboxylic acids is 1. The second kappa shape index (κ2) is 6.40. The molecule has 0 saturated heterocycles. The molecule has 0 bridgehead atoms. The molecular formula is C17H26N2O. The van der Waals surface area contributed by atoms with E-state index < -0.39 is 5.54 Å². The van der Waals surface area contributed by atoms with Gasteiger partial charge in [-0.1, -0.05) is 50.5 Å². The Hall–Kier alpha value is -1.35. The van der Waals surface area contributed by atoms with E-state index in [1.165, 1.54) is 12.0 Å². The van der Waals surface area contributed by atoms with Crippen LogP contribution in [0.2, 0.25) is 0 Å². The first-order valence-electron chi connectivity index (χ1n) is 7.74. The lowest BCUT2D eigenvalue weighted by molar-refractivity contribution is -0.128. The molecule has 1 saturated carbocycles. The summed E-state index contributed by atoms with van der Waals surface area (Å²) in [7, 11) is 0. The average molecular weight is 274 g/mol. The van der Waals surface area contributed by atoms with E-state index in [2.05, 4.69) is 36.5 Å². The number of nitrogens with one attached hydrogen (secondary N) is 1. The van der Waals surface area contributed by atoms with Gasteiger partial charge < -0.3 is 11.1 Å². The number of hydrogen-bond acceptors (Lipinski definition) is 2. The molecule has 20 heavy (non-hydrogen) atoms. The van der Waals surface area contributed by atoms with E-state index in [0.717, 1.165) is 37.7 Å². The van der Waals surface area contributed by atoms with Gasteiger partial charge in [0.25, 0.3) is 0 Å². The van der Waals surface area contributed by atoms with Crippen LogP contribution >= 0.6 is 0 Å². The maximum Gasteiger partial charge on any atom is 0.240 e. The third-order valence-corrected chi connectivity index (χ3v) is 4.43. The van der Waals surface area contributed by atoms with Crippen LogP contribution in [0.15, 0.2) is 24.3 Å². The fourth-order valence-corrected chi connectivity index (χ4v) is 2.88.